The second-order valence-electron chi connectivity index (χ2n) is 3.36. The Balaban J connectivity index is 1.81. The van der Waals surface area contributed by atoms with Crippen LogP contribution in [0, 0.1) is 0 Å². The van der Waals surface area contributed by atoms with Gasteiger partial charge in [-0.2, -0.15) is 5.10 Å². The Bertz CT molecular complexity index is 479. The third-order valence-electron chi connectivity index (χ3n) is 2.14. The number of thiazole rings is 1. The lowest BCUT2D eigenvalue weighted by Gasteiger charge is -2.03. The zero-order chi connectivity index (χ0) is 12.1. The fraction of sp³-hybridized carbons (Fsp3) is 0.300. The minimum atomic E-state index is -0.173. The zero-order valence-corrected chi connectivity index (χ0v) is 9.98. The van der Waals surface area contributed by atoms with Crippen LogP contribution in [0.2, 0.25) is 0 Å². The van der Waals surface area contributed by atoms with Crippen molar-refractivity contribution in [3.8, 4) is 0 Å². The second kappa shape index (κ2) is 5.55. The van der Waals surface area contributed by atoms with Crippen molar-refractivity contribution in [1.82, 2.24) is 20.1 Å². The van der Waals surface area contributed by atoms with E-state index in [0.29, 0.717) is 25.3 Å². The monoisotopic (exact) mass is 251 g/mol. The highest BCUT2D eigenvalue weighted by molar-refractivity contribution is 7.09. The van der Waals surface area contributed by atoms with Gasteiger partial charge in [0.15, 0.2) is 0 Å². The van der Waals surface area contributed by atoms with Crippen LogP contribution < -0.4 is 11.1 Å². The molecular weight excluding hydrogens is 238 g/mol. The Morgan fingerprint density at radius 1 is 1.59 bits per heavy atom. The first kappa shape index (κ1) is 11.7. The van der Waals surface area contributed by atoms with Crippen molar-refractivity contribution in [2.24, 2.45) is 5.73 Å². The SMILES string of the molecule is NCc1nc(C(=O)NCCn2cccn2)cs1. The van der Waals surface area contributed by atoms with Crippen molar-refractivity contribution in [3.05, 3.63) is 34.5 Å². The molecule has 0 spiro atoms. The highest BCUT2D eigenvalue weighted by Crippen LogP contribution is 2.08. The summed E-state index contributed by atoms with van der Waals surface area (Å²) in [6, 6.07) is 1.84. The Morgan fingerprint density at radius 2 is 2.47 bits per heavy atom. The van der Waals surface area contributed by atoms with Crippen molar-refractivity contribution in [2.45, 2.75) is 13.1 Å². The molecule has 0 fully saturated rings. The lowest BCUT2D eigenvalue weighted by atomic mass is 10.4. The van der Waals surface area contributed by atoms with Gasteiger partial charge in [0.2, 0.25) is 0 Å². The molecule has 0 unspecified atom stereocenters. The normalized spacial score (nSPS) is 10.4. The number of amides is 1. The number of nitrogens with zero attached hydrogens (tertiary/aromatic N) is 3. The summed E-state index contributed by atoms with van der Waals surface area (Å²) in [5.41, 5.74) is 5.86. The highest BCUT2D eigenvalue weighted by Gasteiger charge is 2.09. The maximum atomic E-state index is 11.7. The highest BCUT2D eigenvalue weighted by atomic mass is 32.1. The van der Waals surface area contributed by atoms with E-state index in [4.69, 9.17) is 5.73 Å². The first-order chi connectivity index (χ1) is 8.29. The molecule has 2 aromatic rings. The van der Waals surface area contributed by atoms with Gasteiger partial charge in [0.1, 0.15) is 10.7 Å². The van der Waals surface area contributed by atoms with E-state index >= 15 is 0 Å². The van der Waals surface area contributed by atoms with Gasteiger partial charge in [0.25, 0.3) is 5.91 Å². The molecule has 0 saturated carbocycles. The lowest BCUT2D eigenvalue weighted by Crippen LogP contribution is -2.27. The lowest BCUT2D eigenvalue weighted by molar-refractivity contribution is 0.0947. The Hall–Kier alpha value is -1.73. The predicted octanol–water partition coefficient (Wildman–Crippen LogP) is 0.228. The van der Waals surface area contributed by atoms with Gasteiger partial charge in [-0.3, -0.25) is 9.48 Å². The number of nitrogens with one attached hydrogen (secondary N) is 1. The average molecular weight is 251 g/mol. The standard InChI is InChI=1S/C10H13N5OS/c11-6-9-14-8(7-17-9)10(16)12-3-5-15-4-1-2-13-15/h1-2,4,7H,3,5-6,11H2,(H,12,16). The molecule has 2 aromatic heterocycles. The molecule has 17 heavy (non-hydrogen) atoms. The maximum Gasteiger partial charge on any atom is 0.270 e. The molecule has 6 nitrogen and oxygen atoms in total. The summed E-state index contributed by atoms with van der Waals surface area (Å²) in [5, 5.41) is 9.30. The molecule has 0 aromatic carbocycles. The Labute approximate surface area is 102 Å². The molecule has 0 aliphatic heterocycles. The van der Waals surface area contributed by atoms with Crippen LogP contribution in [0.3, 0.4) is 0 Å². The van der Waals surface area contributed by atoms with Crippen LogP contribution in [-0.4, -0.2) is 27.2 Å². The molecule has 2 heterocycles. The predicted molar refractivity (Wildman–Crippen MR) is 64.6 cm³/mol. The van der Waals surface area contributed by atoms with E-state index in [2.05, 4.69) is 15.4 Å². The average Bonchev–Trinajstić information content (AvgIpc) is 2.99. The van der Waals surface area contributed by atoms with Crippen LogP contribution in [0.1, 0.15) is 15.5 Å². The van der Waals surface area contributed by atoms with Crippen molar-refractivity contribution < 1.29 is 4.79 Å². The van der Waals surface area contributed by atoms with Crippen LogP contribution in [0.5, 0.6) is 0 Å². The van der Waals surface area contributed by atoms with Gasteiger partial charge in [0, 0.05) is 30.9 Å². The molecular formula is C10H13N5OS. The van der Waals surface area contributed by atoms with Gasteiger partial charge in [-0.1, -0.05) is 0 Å². The first-order valence-electron chi connectivity index (χ1n) is 5.19. The molecule has 0 aliphatic rings. The number of nitrogens with two attached hydrogens (primary N) is 1. The topological polar surface area (TPSA) is 85.8 Å². The Kier molecular flexibility index (Phi) is 3.84. The van der Waals surface area contributed by atoms with E-state index in [1.165, 1.54) is 11.3 Å². The number of aromatic nitrogens is 3. The summed E-state index contributed by atoms with van der Waals surface area (Å²) in [7, 11) is 0. The van der Waals surface area contributed by atoms with E-state index < -0.39 is 0 Å². The van der Waals surface area contributed by atoms with Crippen molar-refractivity contribution in [3.63, 3.8) is 0 Å². The number of hydrogen-bond donors (Lipinski definition) is 2. The summed E-state index contributed by atoms with van der Waals surface area (Å²) in [5.74, 6) is -0.173. The fourth-order valence-electron chi connectivity index (χ4n) is 1.32. The van der Waals surface area contributed by atoms with E-state index in [-0.39, 0.29) is 5.91 Å². The van der Waals surface area contributed by atoms with E-state index in [1.807, 2.05) is 12.3 Å². The molecule has 0 bridgehead atoms. The molecule has 90 valence electrons. The molecule has 3 N–H and O–H groups in total. The minimum absolute atomic E-state index is 0.173. The Morgan fingerprint density at radius 3 is 3.12 bits per heavy atom. The zero-order valence-electron chi connectivity index (χ0n) is 9.17. The molecule has 0 radical (unpaired) electrons. The van der Waals surface area contributed by atoms with Crippen LogP contribution in [0.15, 0.2) is 23.8 Å². The maximum absolute atomic E-state index is 11.7. The quantitative estimate of drug-likeness (QED) is 0.796. The smallest absolute Gasteiger partial charge is 0.270 e. The van der Waals surface area contributed by atoms with Crippen LogP contribution in [0.4, 0.5) is 0 Å². The van der Waals surface area contributed by atoms with Gasteiger partial charge in [-0.25, -0.2) is 4.98 Å². The third-order valence-corrected chi connectivity index (χ3v) is 3.02. The molecule has 0 aliphatic carbocycles. The van der Waals surface area contributed by atoms with Crippen molar-refractivity contribution in [2.75, 3.05) is 6.54 Å². The molecule has 0 saturated heterocycles. The minimum Gasteiger partial charge on any atom is -0.349 e. The number of rotatable bonds is 5. The summed E-state index contributed by atoms with van der Waals surface area (Å²) in [4.78, 5) is 15.8. The van der Waals surface area contributed by atoms with E-state index in [9.17, 15) is 4.79 Å². The summed E-state index contributed by atoms with van der Waals surface area (Å²) in [6.45, 7) is 1.54. The van der Waals surface area contributed by atoms with Gasteiger partial charge < -0.3 is 11.1 Å². The van der Waals surface area contributed by atoms with Crippen LogP contribution in [-0.2, 0) is 13.1 Å². The summed E-state index contributed by atoms with van der Waals surface area (Å²) >= 11 is 1.39. The second-order valence-corrected chi connectivity index (χ2v) is 4.30. The number of carbonyl (C=O) groups is 1. The van der Waals surface area contributed by atoms with Gasteiger partial charge in [0.05, 0.1) is 6.54 Å². The number of hydrogen-bond acceptors (Lipinski definition) is 5. The molecule has 2 rings (SSSR count). The number of carbonyl (C=O) groups excluding carboxylic acids is 1. The summed E-state index contributed by atoms with van der Waals surface area (Å²) in [6.07, 6.45) is 3.55. The summed E-state index contributed by atoms with van der Waals surface area (Å²) < 4.78 is 1.76. The van der Waals surface area contributed by atoms with Crippen LogP contribution in [0.25, 0.3) is 0 Å². The first-order valence-corrected chi connectivity index (χ1v) is 6.07. The van der Waals surface area contributed by atoms with Crippen molar-refractivity contribution >= 4 is 17.2 Å². The van der Waals surface area contributed by atoms with Gasteiger partial charge >= 0.3 is 0 Å². The van der Waals surface area contributed by atoms with Crippen molar-refractivity contribution in [1.29, 1.82) is 0 Å². The fourth-order valence-corrected chi connectivity index (χ4v) is 1.97. The largest absolute Gasteiger partial charge is 0.349 e. The molecule has 7 heteroatoms. The third kappa shape index (κ3) is 3.11. The van der Waals surface area contributed by atoms with Crippen LogP contribution >= 0.6 is 11.3 Å². The van der Waals surface area contributed by atoms with E-state index in [0.717, 1.165) is 5.01 Å². The van der Waals surface area contributed by atoms with E-state index in [1.54, 1.807) is 16.3 Å². The van der Waals surface area contributed by atoms with Gasteiger partial charge in [-0.15, -0.1) is 11.3 Å². The van der Waals surface area contributed by atoms with Gasteiger partial charge in [-0.05, 0) is 6.07 Å². The molecule has 0 atom stereocenters. The molecule has 1 amide bonds.